The zero-order valence-corrected chi connectivity index (χ0v) is 47.9. The van der Waals surface area contributed by atoms with Crippen molar-refractivity contribution in [3.05, 3.63) is 177 Å². The first kappa shape index (κ1) is 61.0. The Labute approximate surface area is 477 Å². The molecule has 1 heterocycles. The first-order valence-corrected chi connectivity index (χ1v) is 28.4. The van der Waals surface area contributed by atoms with Gasteiger partial charge in [-0.3, -0.25) is 14.4 Å². The Balaban J connectivity index is 0.989. The van der Waals surface area contributed by atoms with Crippen LogP contribution in [0, 0.1) is 20.8 Å². The molecule has 3 unspecified atom stereocenters. The molecule has 81 heavy (non-hydrogen) atoms. The summed E-state index contributed by atoms with van der Waals surface area (Å²) >= 11 is 0. The minimum Gasteiger partial charge on any atom is -0.490 e. The Morgan fingerprint density at radius 2 is 0.667 bits per heavy atom. The van der Waals surface area contributed by atoms with Gasteiger partial charge >= 0.3 is 17.9 Å². The van der Waals surface area contributed by atoms with Crippen molar-refractivity contribution in [3.63, 3.8) is 0 Å². The van der Waals surface area contributed by atoms with Gasteiger partial charge in [-0.15, -0.1) is 0 Å². The van der Waals surface area contributed by atoms with Gasteiger partial charge in [-0.25, -0.2) is 0 Å². The normalized spacial score (nSPS) is 13.5. The van der Waals surface area contributed by atoms with E-state index in [-0.39, 0.29) is 58.9 Å². The molecule has 0 spiro atoms. The van der Waals surface area contributed by atoms with Gasteiger partial charge < -0.3 is 58.4 Å². The highest BCUT2D eigenvalue weighted by Crippen LogP contribution is 2.29. The van der Waals surface area contributed by atoms with Crippen LogP contribution in [0.2, 0.25) is 0 Å². The van der Waals surface area contributed by atoms with Crippen molar-refractivity contribution in [2.45, 2.75) is 118 Å². The molecule has 1 saturated heterocycles. The maximum absolute atomic E-state index is 13.2. The van der Waals surface area contributed by atoms with Gasteiger partial charge in [-0.2, -0.15) is 0 Å². The van der Waals surface area contributed by atoms with E-state index in [2.05, 4.69) is 35.5 Å². The summed E-state index contributed by atoms with van der Waals surface area (Å²) in [6, 6.07) is 40.9. The third-order valence-electron chi connectivity index (χ3n) is 14.3. The molecule has 0 aromatic heterocycles. The molecule has 0 amide bonds. The van der Waals surface area contributed by atoms with Crippen molar-refractivity contribution in [1.29, 1.82) is 0 Å². The number of hydrogen-bond donors (Lipinski definition) is 3. The van der Waals surface area contributed by atoms with Crippen molar-refractivity contribution >= 4 is 35.0 Å². The molecule has 7 rings (SSSR count). The van der Waals surface area contributed by atoms with E-state index >= 15 is 0 Å². The van der Waals surface area contributed by atoms with Gasteiger partial charge in [0.15, 0.2) is 18.3 Å². The van der Waals surface area contributed by atoms with Gasteiger partial charge in [-0.1, -0.05) is 94.6 Å². The van der Waals surface area contributed by atoms with Crippen molar-refractivity contribution < 1.29 is 58.1 Å². The van der Waals surface area contributed by atoms with Gasteiger partial charge in [0.1, 0.15) is 37.1 Å². The van der Waals surface area contributed by atoms with E-state index in [0.717, 1.165) is 89.0 Å². The molecule has 0 aliphatic carbocycles. The number of aryl methyl sites for hydroxylation is 6. The number of esters is 3. The van der Waals surface area contributed by atoms with E-state index in [1.165, 1.54) is 16.7 Å². The van der Waals surface area contributed by atoms with Crippen molar-refractivity contribution in [3.8, 4) is 17.2 Å². The number of nitrogens with zero attached hydrogens (tertiary/aromatic N) is 3. The number of carbonyl (C=O) groups is 3. The van der Waals surface area contributed by atoms with Crippen LogP contribution in [0.1, 0.15) is 90.1 Å². The van der Waals surface area contributed by atoms with Crippen molar-refractivity contribution in [2.75, 3.05) is 74.3 Å². The van der Waals surface area contributed by atoms with E-state index in [1.807, 2.05) is 148 Å². The Hall–Kier alpha value is -7.59. The van der Waals surface area contributed by atoms with E-state index in [9.17, 15) is 29.7 Å². The van der Waals surface area contributed by atoms with Crippen LogP contribution in [0.25, 0.3) is 0 Å². The monoisotopic (exact) mass is 1110 g/mol. The average Bonchev–Trinajstić information content (AvgIpc) is 3.50. The molecule has 1 fully saturated rings. The molecular formula is C66H81N3O12. The van der Waals surface area contributed by atoms with E-state index in [1.54, 1.807) is 0 Å². The second-order valence-corrected chi connectivity index (χ2v) is 20.9. The summed E-state index contributed by atoms with van der Waals surface area (Å²) in [5.41, 5.74) is 12.1. The standard InChI is InChI=1S/C66H81N3O12/c1-7-10-52-19-28-58(31-46(52)4)76-40-61(37-70)79-64(73)34-49-13-22-55(23-14-49)67-43-68(56-24-15-50(16-25-56)35-65(74)80-62(38-71)41-77-59-29-20-53(11-8-2)47(5)32-59)45-69(44-67)57-26-17-51(18-27-57)36-66(75)81-63(39-72)42-78-60-30-21-54(12-9-3)48(6)33-60/h13-33,61-63,70-72H,7-12,34-45H2,1-6H3. The lowest BCUT2D eigenvalue weighted by Gasteiger charge is -2.45. The fourth-order valence-electron chi connectivity index (χ4n) is 9.76. The number of aliphatic hydroxyl groups excluding tert-OH is 3. The minimum absolute atomic E-state index is 0.00307. The van der Waals surface area contributed by atoms with Gasteiger partial charge in [0.25, 0.3) is 0 Å². The van der Waals surface area contributed by atoms with Crippen LogP contribution < -0.4 is 28.9 Å². The molecule has 3 atom stereocenters. The molecular weight excluding hydrogens is 1030 g/mol. The zero-order valence-electron chi connectivity index (χ0n) is 47.9. The first-order valence-electron chi connectivity index (χ1n) is 28.4. The van der Waals surface area contributed by atoms with E-state index < -0.39 is 36.2 Å². The quantitative estimate of drug-likeness (QED) is 0.0287. The SMILES string of the molecule is CCCc1ccc(OCC(CO)OC(=O)Cc2ccc(N3CN(c4ccc(CC(=O)OC(CO)COc5ccc(CCC)c(C)c5)cc4)CN(c4ccc(CC(=O)OC(CO)COc5ccc(CCC)c(C)c5)cc4)C3)cc2)cc1C. The number of benzene rings is 6. The number of aliphatic hydroxyl groups is 3. The van der Waals surface area contributed by atoms with Gasteiger partial charge in [0, 0.05) is 17.1 Å². The van der Waals surface area contributed by atoms with E-state index in [4.69, 9.17) is 28.4 Å². The lowest BCUT2D eigenvalue weighted by atomic mass is 10.0. The second-order valence-electron chi connectivity index (χ2n) is 20.9. The maximum atomic E-state index is 13.2. The lowest BCUT2D eigenvalue weighted by Crippen LogP contribution is -2.55. The Bertz CT molecular complexity index is 2630. The van der Waals surface area contributed by atoms with Crippen LogP contribution in [-0.2, 0) is 67.1 Å². The third kappa shape index (κ3) is 18.5. The fourth-order valence-corrected chi connectivity index (χ4v) is 9.76. The molecule has 0 saturated carbocycles. The maximum Gasteiger partial charge on any atom is 0.310 e. The van der Waals surface area contributed by atoms with Crippen LogP contribution in [0.3, 0.4) is 0 Å². The van der Waals surface area contributed by atoms with Crippen LogP contribution in [0.4, 0.5) is 17.1 Å². The highest BCUT2D eigenvalue weighted by atomic mass is 16.6. The number of anilines is 3. The lowest BCUT2D eigenvalue weighted by molar-refractivity contribution is -0.152. The van der Waals surface area contributed by atoms with Gasteiger partial charge in [0.05, 0.1) is 59.1 Å². The van der Waals surface area contributed by atoms with E-state index in [0.29, 0.717) is 37.3 Å². The molecule has 432 valence electrons. The Morgan fingerprint density at radius 3 is 0.889 bits per heavy atom. The molecule has 1 aliphatic rings. The van der Waals surface area contributed by atoms with Gasteiger partial charge in [0.2, 0.25) is 0 Å². The van der Waals surface area contributed by atoms with Crippen LogP contribution in [-0.4, -0.2) is 111 Å². The molecule has 6 aromatic rings. The number of hydrogen-bond acceptors (Lipinski definition) is 15. The predicted octanol–water partition coefficient (Wildman–Crippen LogP) is 9.75. The van der Waals surface area contributed by atoms with Crippen molar-refractivity contribution in [1.82, 2.24) is 0 Å². The largest absolute Gasteiger partial charge is 0.490 e. The zero-order chi connectivity index (χ0) is 57.7. The third-order valence-corrected chi connectivity index (χ3v) is 14.3. The molecule has 0 bridgehead atoms. The summed E-state index contributed by atoms with van der Waals surface area (Å²) < 4.78 is 34.7. The number of carbonyl (C=O) groups excluding carboxylic acids is 3. The summed E-state index contributed by atoms with van der Waals surface area (Å²) in [4.78, 5) is 46.1. The summed E-state index contributed by atoms with van der Waals surface area (Å²) in [6.45, 7) is 13.0. The fraction of sp³-hybridized carbons (Fsp3) is 0.409. The Kier molecular flexibility index (Phi) is 23.2. The summed E-state index contributed by atoms with van der Waals surface area (Å²) in [5.74, 6) is 0.518. The first-order chi connectivity index (χ1) is 39.3. The van der Waals surface area contributed by atoms with Crippen LogP contribution in [0.15, 0.2) is 127 Å². The molecule has 3 N–H and O–H groups in total. The molecule has 0 radical (unpaired) electrons. The Morgan fingerprint density at radius 1 is 0.407 bits per heavy atom. The van der Waals surface area contributed by atoms with Gasteiger partial charge in [-0.05, 0) is 163 Å². The highest BCUT2D eigenvalue weighted by Gasteiger charge is 2.26. The number of ether oxygens (including phenoxy) is 6. The molecule has 15 heteroatoms. The second kappa shape index (κ2) is 30.8. The summed E-state index contributed by atoms with van der Waals surface area (Å²) in [6.07, 6.45) is 3.60. The molecule has 15 nitrogen and oxygen atoms in total. The van der Waals surface area contributed by atoms with Crippen LogP contribution >= 0.6 is 0 Å². The summed E-state index contributed by atoms with van der Waals surface area (Å²) in [7, 11) is 0. The molecule has 1 aliphatic heterocycles. The smallest absolute Gasteiger partial charge is 0.310 e. The predicted molar refractivity (Wildman–Crippen MR) is 315 cm³/mol. The van der Waals surface area contributed by atoms with Crippen molar-refractivity contribution in [2.24, 2.45) is 0 Å². The number of rotatable bonds is 30. The highest BCUT2D eigenvalue weighted by molar-refractivity contribution is 5.74. The topological polar surface area (TPSA) is 177 Å². The molecule has 6 aromatic carbocycles. The minimum atomic E-state index is -0.830. The van der Waals surface area contributed by atoms with Crippen LogP contribution in [0.5, 0.6) is 17.2 Å². The average molecular weight is 1110 g/mol. The summed E-state index contributed by atoms with van der Waals surface area (Å²) in [5, 5.41) is 30.2.